The first-order valence-electron chi connectivity index (χ1n) is 6.86. The van der Waals surface area contributed by atoms with Crippen molar-refractivity contribution in [2.45, 2.75) is 31.3 Å². The van der Waals surface area contributed by atoms with Gasteiger partial charge in [-0.25, -0.2) is 0 Å². The minimum absolute atomic E-state index is 0.102. The second-order valence-corrected chi connectivity index (χ2v) is 5.62. The van der Waals surface area contributed by atoms with Crippen LogP contribution in [0.15, 0.2) is 18.2 Å². The number of benzene rings is 1. The number of aromatic amines is 1. The summed E-state index contributed by atoms with van der Waals surface area (Å²) in [5.74, 6) is -0.102. The summed E-state index contributed by atoms with van der Waals surface area (Å²) >= 11 is 0. The summed E-state index contributed by atoms with van der Waals surface area (Å²) in [5.41, 5.74) is 1.25. The summed E-state index contributed by atoms with van der Waals surface area (Å²) in [6.07, 6.45) is 3.60. The van der Waals surface area contributed by atoms with Crippen LogP contribution in [0.3, 0.4) is 0 Å². The molecule has 1 heterocycles. The van der Waals surface area contributed by atoms with Gasteiger partial charge < -0.3 is 10.0 Å². The van der Waals surface area contributed by atoms with Crippen molar-refractivity contribution in [3.8, 4) is 0 Å². The van der Waals surface area contributed by atoms with E-state index in [4.69, 9.17) is 0 Å². The number of fused-ring (bicyclic) bond motifs is 1. The molecule has 6 heteroatoms. The average Bonchev–Trinajstić information content (AvgIpc) is 3.05. The third-order valence-corrected chi connectivity index (χ3v) is 3.98. The Labute approximate surface area is 116 Å². The zero-order valence-electron chi connectivity index (χ0n) is 11.5. The smallest absolute Gasteiger partial charge is 0.253 e. The Morgan fingerprint density at radius 1 is 1.35 bits per heavy atom. The van der Waals surface area contributed by atoms with Crippen molar-refractivity contribution in [1.29, 1.82) is 0 Å². The zero-order valence-corrected chi connectivity index (χ0v) is 11.5. The maximum Gasteiger partial charge on any atom is 0.253 e. The maximum atomic E-state index is 12.4. The van der Waals surface area contributed by atoms with Crippen LogP contribution in [-0.2, 0) is 0 Å². The molecule has 6 nitrogen and oxygen atoms in total. The van der Waals surface area contributed by atoms with Crippen LogP contribution in [0, 0.1) is 0 Å². The van der Waals surface area contributed by atoms with Crippen LogP contribution in [0.5, 0.6) is 0 Å². The predicted molar refractivity (Wildman–Crippen MR) is 74.3 cm³/mol. The molecule has 0 unspecified atom stereocenters. The summed E-state index contributed by atoms with van der Waals surface area (Å²) in [4.78, 5) is 14.0. The lowest BCUT2D eigenvalue weighted by Gasteiger charge is -2.28. The Morgan fingerprint density at radius 3 is 2.80 bits per heavy atom. The predicted octanol–water partition coefficient (Wildman–Crippen LogP) is 1.33. The van der Waals surface area contributed by atoms with Crippen molar-refractivity contribution >= 4 is 16.9 Å². The molecule has 106 valence electrons. The molecule has 1 aliphatic carbocycles. The highest BCUT2D eigenvalue weighted by Crippen LogP contribution is 2.30. The molecule has 2 N–H and O–H groups in total. The largest absolute Gasteiger partial charge is 0.388 e. The normalized spacial score (nSPS) is 17.5. The van der Waals surface area contributed by atoms with Crippen molar-refractivity contribution in [2.24, 2.45) is 0 Å². The molecule has 1 fully saturated rings. The van der Waals surface area contributed by atoms with Gasteiger partial charge in [0.1, 0.15) is 11.0 Å². The summed E-state index contributed by atoms with van der Waals surface area (Å²) in [6.45, 7) is 0.378. The number of carbonyl (C=O) groups excluding carboxylic acids is 1. The van der Waals surface area contributed by atoms with Crippen LogP contribution in [0.1, 0.15) is 36.0 Å². The second kappa shape index (κ2) is 4.86. The monoisotopic (exact) mass is 274 g/mol. The minimum atomic E-state index is -0.720. The summed E-state index contributed by atoms with van der Waals surface area (Å²) in [6, 6.07) is 5.23. The van der Waals surface area contributed by atoms with E-state index in [0.717, 1.165) is 31.2 Å². The Kier molecular flexibility index (Phi) is 3.17. The third kappa shape index (κ3) is 2.38. The number of aliphatic hydroxyl groups is 1. The molecule has 0 bridgehead atoms. The van der Waals surface area contributed by atoms with Crippen molar-refractivity contribution in [1.82, 2.24) is 20.3 Å². The number of amides is 1. The van der Waals surface area contributed by atoms with Gasteiger partial charge in [0.15, 0.2) is 0 Å². The number of rotatable bonds is 3. The van der Waals surface area contributed by atoms with Crippen LogP contribution in [0.2, 0.25) is 0 Å². The minimum Gasteiger partial charge on any atom is -0.388 e. The number of H-pyrrole nitrogens is 1. The fourth-order valence-corrected chi connectivity index (χ4v) is 2.90. The maximum absolute atomic E-state index is 12.4. The van der Waals surface area contributed by atoms with E-state index >= 15 is 0 Å². The van der Waals surface area contributed by atoms with E-state index in [9.17, 15) is 9.90 Å². The molecular formula is C14H18N4O2. The Bertz CT molecular complexity index is 631. The van der Waals surface area contributed by atoms with Crippen molar-refractivity contribution in [3.63, 3.8) is 0 Å². The van der Waals surface area contributed by atoms with Crippen LogP contribution in [0.4, 0.5) is 0 Å². The molecule has 0 saturated heterocycles. The van der Waals surface area contributed by atoms with Gasteiger partial charge in [0.05, 0.1) is 5.60 Å². The molecule has 1 aromatic carbocycles. The molecule has 1 saturated carbocycles. The molecule has 0 atom stereocenters. The van der Waals surface area contributed by atoms with Crippen LogP contribution >= 0.6 is 0 Å². The number of carbonyl (C=O) groups is 1. The van der Waals surface area contributed by atoms with Gasteiger partial charge in [-0.1, -0.05) is 12.8 Å². The highest BCUT2D eigenvalue weighted by atomic mass is 16.3. The highest BCUT2D eigenvalue weighted by Gasteiger charge is 2.33. The lowest BCUT2D eigenvalue weighted by molar-refractivity contribution is 0.0157. The van der Waals surface area contributed by atoms with Gasteiger partial charge in [-0.15, -0.1) is 0 Å². The Hall–Kier alpha value is -1.95. The zero-order chi connectivity index (χ0) is 14.2. The van der Waals surface area contributed by atoms with E-state index in [2.05, 4.69) is 15.4 Å². The fourth-order valence-electron chi connectivity index (χ4n) is 2.90. The van der Waals surface area contributed by atoms with Gasteiger partial charge >= 0.3 is 0 Å². The first kappa shape index (κ1) is 13.1. The number of aromatic nitrogens is 3. The quantitative estimate of drug-likeness (QED) is 0.884. The van der Waals surface area contributed by atoms with Crippen LogP contribution < -0.4 is 0 Å². The molecule has 0 spiro atoms. The highest BCUT2D eigenvalue weighted by molar-refractivity contribution is 5.97. The third-order valence-electron chi connectivity index (χ3n) is 3.98. The van der Waals surface area contributed by atoms with Crippen molar-refractivity contribution in [3.05, 3.63) is 23.8 Å². The molecular weight excluding hydrogens is 256 g/mol. The molecule has 1 aromatic heterocycles. The van der Waals surface area contributed by atoms with E-state index in [1.165, 1.54) is 0 Å². The molecule has 0 aliphatic heterocycles. The van der Waals surface area contributed by atoms with Crippen LogP contribution in [0.25, 0.3) is 11.0 Å². The average molecular weight is 274 g/mol. The summed E-state index contributed by atoms with van der Waals surface area (Å²) < 4.78 is 0. The molecule has 2 aromatic rings. The topological polar surface area (TPSA) is 82.1 Å². The van der Waals surface area contributed by atoms with E-state index in [1.54, 1.807) is 30.1 Å². The molecule has 20 heavy (non-hydrogen) atoms. The summed E-state index contributed by atoms with van der Waals surface area (Å²) in [7, 11) is 1.73. The number of nitrogens with one attached hydrogen (secondary N) is 1. The fraction of sp³-hybridized carbons (Fsp3) is 0.500. The van der Waals surface area contributed by atoms with Crippen molar-refractivity contribution < 1.29 is 9.90 Å². The number of hydrogen-bond donors (Lipinski definition) is 2. The second-order valence-electron chi connectivity index (χ2n) is 5.62. The molecule has 0 radical (unpaired) electrons. The Balaban J connectivity index is 1.76. The van der Waals surface area contributed by atoms with Gasteiger partial charge in [-0.2, -0.15) is 15.4 Å². The Morgan fingerprint density at radius 2 is 2.05 bits per heavy atom. The number of nitrogens with zero attached hydrogens (tertiary/aromatic N) is 3. The van der Waals surface area contributed by atoms with Gasteiger partial charge in [-0.05, 0) is 31.0 Å². The standard InChI is InChI=1S/C14H18N4O2/c1-18(9-14(20)6-2-3-7-14)13(19)10-4-5-11-12(8-10)16-17-15-11/h4-5,8,20H,2-3,6-7,9H2,1H3,(H,15,16,17). The van der Waals surface area contributed by atoms with Gasteiger partial charge in [0.2, 0.25) is 0 Å². The number of hydrogen-bond acceptors (Lipinski definition) is 4. The molecule has 1 amide bonds. The number of likely N-dealkylation sites (N-methyl/N-ethyl adjacent to an activating group) is 1. The first-order valence-corrected chi connectivity index (χ1v) is 6.86. The summed E-state index contributed by atoms with van der Waals surface area (Å²) in [5, 5.41) is 20.8. The van der Waals surface area contributed by atoms with Gasteiger partial charge in [0.25, 0.3) is 5.91 Å². The molecule has 1 aliphatic rings. The van der Waals surface area contributed by atoms with Crippen LogP contribution in [-0.4, -0.2) is 50.5 Å². The van der Waals surface area contributed by atoms with E-state index in [1.807, 2.05) is 0 Å². The van der Waals surface area contributed by atoms with E-state index in [-0.39, 0.29) is 5.91 Å². The van der Waals surface area contributed by atoms with Crippen molar-refractivity contribution in [2.75, 3.05) is 13.6 Å². The van der Waals surface area contributed by atoms with Gasteiger partial charge in [-0.3, -0.25) is 4.79 Å². The molecule has 3 rings (SSSR count). The van der Waals surface area contributed by atoms with E-state index < -0.39 is 5.60 Å². The van der Waals surface area contributed by atoms with E-state index in [0.29, 0.717) is 17.6 Å². The van der Waals surface area contributed by atoms with Gasteiger partial charge in [0, 0.05) is 19.2 Å². The first-order chi connectivity index (χ1) is 9.57. The lowest BCUT2D eigenvalue weighted by Crippen LogP contribution is -2.42. The SMILES string of the molecule is CN(CC1(O)CCCC1)C(=O)c1ccc2n[nH]nc2c1. The lowest BCUT2D eigenvalue weighted by atomic mass is 10.0.